The molecule has 0 aliphatic heterocycles. The molecule has 0 aliphatic carbocycles. The maximum atomic E-state index is 12.3. The largest absolute Gasteiger partial charge is 0.508 e. The molecule has 2 heterocycles. The van der Waals surface area contributed by atoms with E-state index < -0.39 is 17.2 Å². The van der Waals surface area contributed by atoms with Crippen LogP contribution in [0.15, 0.2) is 40.2 Å². The monoisotopic (exact) mass is 329 g/mol. The highest BCUT2D eigenvalue weighted by atomic mass is 16.3. The fourth-order valence-corrected chi connectivity index (χ4v) is 2.46. The van der Waals surface area contributed by atoms with Gasteiger partial charge >= 0.3 is 5.69 Å². The summed E-state index contributed by atoms with van der Waals surface area (Å²) in [7, 11) is 2.88. The highest BCUT2D eigenvalue weighted by Gasteiger charge is 2.16. The number of phenols is 1. The number of anilines is 1. The Morgan fingerprint density at radius 1 is 1.25 bits per heavy atom. The lowest BCUT2D eigenvalue weighted by Gasteiger charge is -2.08. The van der Waals surface area contributed by atoms with E-state index in [1.54, 1.807) is 12.1 Å². The first kappa shape index (κ1) is 15.5. The Morgan fingerprint density at radius 2 is 2.00 bits per heavy atom. The summed E-state index contributed by atoms with van der Waals surface area (Å²) in [6.07, 6.45) is 1.34. The van der Waals surface area contributed by atoms with Gasteiger partial charge in [0.05, 0.1) is 6.33 Å². The maximum absolute atomic E-state index is 12.3. The average molecular weight is 329 g/mol. The fraction of sp³-hybridized carbons (Fsp3) is 0.200. The highest BCUT2D eigenvalue weighted by molar-refractivity contribution is 5.91. The lowest BCUT2D eigenvalue weighted by Crippen LogP contribution is -2.37. The van der Waals surface area contributed by atoms with E-state index in [2.05, 4.69) is 10.3 Å². The van der Waals surface area contributed by atoms with Gasteiger partial charge < -0.3 is 15.0 Å². The van der Waals surface area contributed by atoms with E-state index in [1.807, 2.05) is 0 Å². The number of hydrogen-bond acceptors (Lipinski definition) is 5. The molecule has 0 saturated heterocycles. The summed E-state index contributed by atoms with van der Waals surface area (Å²) in [6, 6.07) is 6.13. The number of aromatic hydroxyl groups is 1. The number of rotatable bonds is 3. The van der Waals surface area contributed by atoms with Gasteiger partial charge in [-0.05, 0) is 12.1 Å². The normalized spacial score (nSPS) is 10.9. The second kappa shape index (κ2) is 5.69. The van der Waals surface area contributed by atoms with Gasteiger partial charge in [0.15, 0.2) is 11.2 Å². The van der Waals surface area contributed by atoms with Crippen molar-refractivity contribution < 1.29 is 9.90 Å². The molecule has 0 unspecified atom stereocenters. The van der Waals surface area contributed by atoms with Gasteiger partial charge in [-0.2, -0.15) is 0 Å². The molecule has 1 amide bonds. The number of imidazole rings is 1. The Labute approximate surface area is 135 Å². The van der Waals surface area contributed by atoms with E-state index in [1.165, 1.54) is 41.7 Å². The first-order valence-corrected chi connectivity index (χ1v) is 7.08. The lowest BCUT2D eigenvalue weighted by molar-refractivity contribution is -0.116. The van der Waals surface area contributed by atoms with Crippen molar-refractivity contribution in [1.82, 2.24) is 18.7 Å². The summed E-state index contributed by atoms with van der Waals surface area (Å²) in [5.41, 5.74) is -0.179. The number of fused-ring (bicyclic) bond motifs is 1. The van der Waals surface area contributed by atoms with Gasteiger partial charge in [-0.25, -0.2) is 9.78 Å². The van der Waals surface area contributed by atoms with Crippen LogP contribution in [0.5, 0.6) is 5.75 Å². The number of aryl methyl sites for hydroxylation is 1. The predicted octanol–water partition coefficient (Wildman–Crippen LogP) is -0.222. The topological polar surface area (TPSA) is 111 Å². The molecule has 0 atom stereocenters. The van der Waals surface area contributed by atoms with Gasteiger partial charge in [0.2, 0.25) is 5.91 Å². The SMILES string of the molecule is Cn1c(=O)c2c(ncn2CC(=O)Nc2cccc(O)c2)n(C)c1=O. The molecular weight excluding hydrogens is 314 g/mol. The number of benzene rings is 1. The van der Waals surface area contributed by atoms with Crippen LogP contribution in [0.4, 0.5) is 5.69 Å². The van der Waals surface area contributed by atoms with Gasteiger partial charge in [-0.1, -0.05) is 6.07 Å². The molecule has 9 heteroatoms. The van der Waals surface area contributed by atoms with Crippen molar-refractivity contribution in [1.29, 1.82) is 0 Å². The summed E-state index contributed by atoms with van der Waals surface area (Å²) in [5, 5.41) is 12.0. The number of nitrogens with zero attached hydrogens (tertiary/aromatic N) is 4. The summed E-state index contributed by atoms with van der Waals surface area (Å²) >= 11 is 0. The zero-order valence-corrected chi connectivity index (χ0v) is 13.1. The first-order valence-electron chi connectivity index (χ1n) is 7.08. The second-order valence-corrected chi connectivity index (χ2v) is 5.35. The molecule has 2 aromatic heterocycles. The van der Waals surface area contributed by atoms with Crippen molar-refractivity contribution in [3.8, 4) is 5.75 Å². The zero-order chi connectivity index (χ0) is 17.4. The molecular formula is C15H15N5O4. The van der Waals surface area contributed by atoms with Gasteiger partial charge in [0, 0.05) is 25.8 Å². The van der Waals surface area contributed by atoms with E-state index in [4.69, 9.17) is 0 Å². The number of amides is 1. The summed E-state index contributed by atoms with van der Waals surface area (Å²) < 4.78 is 3.60. The zero-order valence-electron chi connectivity index (χ0n) is 13.1. The summed E-state index contributed by atoms with van der Waals surface area (Å²) in [5.74, 6) is -0.361. The summed E-state index contributed by atoms with van der Waals surface area (Å²) in [4.78, 5) is 40.4. The molecule has 2 N–H and O–H groups in total. The molecule has 0 bridgehead atoms. The molecule has 0 radical (unpaired) electrons. The average Bonchev–Trinajstić information content (AvgIpc) is 2.94. The van der Waals surface area contributed by atoms with E-state index >= 15 is 0 Å². The van der Waals surface area contributed by atoms with Gasteiger partial charge in [0.1, 0.15) is 12.3 Å². The van der Waals surface area contributed by atoms with Crippen LogP contribution < -0.4 is 16.6 Å². The van der Waals surface area contributed by atoms with Crippen LogP contribution in [0.3, 0.4) is 0 Å². The fourth-order valence-electron chi connectivity index (χ4n) is 2.46. The van der Waals surface area contributed by atoms with E-state index in [-0.39, 0.29) is 23.5 Å². The number of hydrogen-bond donors (Lipinski definition) is 2. The highest BCUT2D eigenvalue weighted by Crippen LogP contribution is 2.15. The third-order valence-corrected chi connectivity index (χ3v) is 3.66. The Kier molecular flexibility index (Phi) is 3.68. The molecule has 1 aromatic carbocycles. The number of phenolic OH excluding ortho intramolecular Hbond substituents is 1. The molecule has 124 valence electrons. The van der Waals surface area contributed by atoms with Crippen LogP contribution >= 0.6 is 0 Å². The van der Waals surface area contributed by atoms with Crippen LogP contribution in [0.1, 0.15) is 0 Å². The Morgan fingerprint density at radius 3 is 2.71 bits per heavy atom. The predicted molar refractivity (Wildman–Crippen MR) is 87.0 cm³/mol. The Bertz CT molecular complexity index is 1060. The summed E-state index contributed by atoms with van der Waals surface area (Å²) in [6.45, 7) is -0.153. The molecule has 9 nitrogen and oxygen atoms in total. The van der Waals surface area contributed by atoms with Crippen molar-refractivity contribution >= 4 is 22.8 Å². The standard InChI is InChI=1S/C15H15N5O4/c1-18-13-12(14(23)19(2)15(18)24)20(8-16-13)7-11(22)17-9-4-3-5-10(21)6-9/h3-6,8,21H,7H2,1-2H3,(H,17,22). The molecule has 0 fully saturated rings. The minimum atomic E-state index is -0.518. The molecule has 24 heavy (non-hydrogen) atoms. The van der Waals surface area contributed by atoms with Crippen molar-refractivity contribution in [2.45, 2.75) is 6.54 Å². The Balaban J connectivity index is 1.95. The van der Waals surface area contributed by atoms with Crippen molar-refractivity contribution in [3.63, 3.8) is 0 Å². The molecule has 3 rings (SSSR count). The van der Waals surface area contributed by atoms with Gasteiger partial charge in [-0.15, -0.1) is 0 Å². The Hall–Kier alpha value is -3.36. The number of carbonyl (C=O) groups is 1. The minimum absolute atomic E-state index is 0.0322. The second-order valence-electron chi connectivity index (χ2n) is 5.35. The van der Waals surface area contributed by atoms with E-state index in [0.29, 0.717) is 5.69 Å². The van der Waals surface area contributed by atoms with Crippen molar-refractivity contribution in [2.75, 3.05) is 5.32 Å². The van der Waals surface area contributed by atoms with E-state index in [9.17, 15) is 19.5 Å². The van der Waals surface area contributed by atoms with Gasteiger partial charge in [0.25, 0.3) is 5.56 Å². The first-order chi connectivity index (χ1) is 11.4. The van der Waals surface area contributed by atoms with Gasteiger partial charge in [-0.3, -0.25) is 18.7 Å². The maximum Gasteiger partial charge on any atom is 0.332 e. The molecule has 0 aliphatic rings. The van der Waals surface area contributed by atoms with Crippen LogP contribution in [-0.4, -0.2) is 29.7 Å². The third-order valence-electron chi connectivity index (χ3n) is 3.66. The van der Waals surface area contributed by atoms with E-state index in [0.717, 1.165) is 4.57 Å². The van der Waals surface area contributed by atoms with Crippen molar-refractivity contribution in [2.24, 2.45) is 14.1 Å². The lowest BCUT2D eigenvalue weighted by atomic mass is 10.3. The van der Waals surface area contributed by atoms with Crippen LogP contribution in [0, 0.1) is 0 Å². The number of nitrogens with one attached hydrogen (secondary N) is 1. The smallest absolute Gasteiger partial charge is 0.332 e. The molecule has 3 aromatic rings. The number of carbonyl (C=O) groups excluding carboxylic acids is 1. The number of aromatic nitrogens is 4. The molecule has 0 spiro atoms. The quantitative estimate of drug-likeness (QED) is 0.690. The molecule has 0 saturated carbocycles. The van der Waals surface area contributed by atoms with Crippen LogP contribution in [-0.2, 0) is 25.4 Å². The van der Waals surface area contributed by atoms with Crippen LogP contribution in [0.2, 0.25) is 0 Å². The van der Waals surface area contributed by atoms with Crippen molar-refractivity contribution in [3.05, 3.63) is 51.4 Å². The minimum Gasteiger partial charge on any atom is -0.508 e. The third kappa shape index (κ3) is 2.56. The van der Waals surface area contributed by atoms with Crippen LogP contribution in [0.25, 0.3) is 11.2 Å².